The number of hydrogen-bond acceptors (Lipinski definition) is 5. The summed E-state index contributed by atoms with van der Waals surface area (Å²) in [6.07, 6.45) is 2.27. The first kappa shape index (κ1) is 18.1. The van der Waals surface area contributed by atoms with Crippen molar-refractivity contribution in [2.24, 2.45) is 0 Å². The van der Waals surface area contributed by atoms with Gasteiger partial charge in [0.15, 0.2) is 9.84 Å². The summed E-state index contributed by atoms with van der Waals surface area (Å²) in [5.41, 5.74) is 0. The van der Waals surface area contributed by atoms with Gasteiger partial charge in [-0.05, 0) is 26.7 Å². The van der Waals surface area contributed by atoms with Gasteiger partial charge in [-0.2, -0.15) is 0 Å². The second kappa shape index (κ2) is 7.90. The SMILES string of the molecule is CCCCN(C1CCS(=O)(=O)C1)P(=O)(OCC)OCC. The lowest BCUT2D eigenvalue weighted by atomic mass is 10.2. The van der Waals surface area contributed by atoms with Crippen molar-refractivity contribution in [1.82, 2.24) is 4.67 Å². The fourth-order valence-corrected chi connectivity index (χ4v) is 6.20. The number of nitrogens with zero attached hydrogens (tertiary/aromatic N) is 1. The minimum atomic E-state index is -3.40. The number of hydrogen-bond donors (Lipinski definition) is 0. The van der Waals surface area contributed by atoms with Gasteiger partial charge in [-0.1, -0.05) is 13.3 Å². The van der Waals surface area contributed by atoms with Gasteiger partial charge in [-0.3, -0.25) is 9.05 Å². The summed E-state index contributed by atoms with van der Waals surface area (Å²) in [6, 6.07) is -0.268. The second-order valence-electron chi connectivity index (χ2n) is 4.88. The monoisotopic (exact) mass is 327 g/mol. The zero-order valence-electron chi connectivity index (χ0n) is 12.6. The maximum atomic E-state index is 12.9. The molecule has 1 heterocycles. The number of rotatable bonds is 9. The molecule has 1 fully saturated rings. The number of sulfone groups is 1. The van der Waals surface area contributed by atoms with Crippen molar-refractivity contribution in [3.8, 4) is 0 Å². The molecule has 0 aliphatic carbocycles. The van der Waals surface area contributed by atoms with Crippen molar-refractivity contribution in [2.45, 2.75) is 46.1 Å². The fraction of sp³-hybridized carbons (Fsp3) is 1.00. The first-order valence-electron chi connectivity index (χ1n) is 7.25. The molecule has 1 unspecified atom stereocenters. The van der Waals surface area contributed by atoms with Crippen molar-refractivity contribution in [3.05, 3.63) is 0 Å². The third-order valence-electron chi connectivity index (χ3n) is 3.27. The molecule has 0 N–H and O–H groups in total. The molecule has 20 heavy (non-hydrogen) atoms. The van der Waals surface area contributed by atoms with Crippen LogP contribution in [0.3, 0.4) is 0 Å². The maximum absolute atomic E-state index is 12.9. The molecule has 0 spiro atoms. The van der Waals surface area contributed by atoms with E-state index in [1.807, 2.05) is 6.92 Å². The summed E-state index contributed by atoms with van der Waals surface area (Å²) in [7, 11) is -6.43. The Balaban J connectivity index is 2.94. The molecule has 1 atom stereocenters. The molecule has 1 saturated heterocycles. The van der Waals surface area contributed by atoms with Crippen LogP contribution in [0, 0.1) is 0 Å². The molecule has 0 amide bonds. The van der Waals surface area contributed by atoms with E-state index in [1.54, 1.807) is 18.5 Å². The smallest absolute Gasteiger partial charge is 0.297 e. The zero-order chi connectivity index (χ0) is 15.2. The molecule has 0 aromatic rings. The zero-order valence-corrected chi connectivity index (χ0v) is 14.3. The Morgan fingerprint density at radius 2 is 1.80 bits per heavy atom. The van der Waals surface area contributed by atoms with Crippen LogP contribution in [0.15, 0.2) is 0 Å². The third-order valence-corrected chi connectivity index (χ3v) is 7.34. The van der Waals surface area contributed by atoms with Crippen LogP contribution in [-0.4, -0.2) is 50.4 Å². The highest BCUT2D eigenvalue weighted by Crippen LogP contribution is 2.54. The molecule has 1 aliphatic rings. The van der Waals surface area contributed by atoms with Gasteiger partial charge in [0.25, 0.3) is 0 Å². The van der Waals surface area contributed by atoms with Crippen LogP contribution >= 0.6 is 7.75 Å². The Morgan fingerprint density at radius 1 is 1.20 bits per heavy atom. The van der Waals surface area contributed by atoms with Crippen LogP contribution in [0.25, 0.3) is 0 Å². The minimum Gasteiger partial charge on any atom is -0.297 e. The van der Waals surface area contributed by atoms with Crippen LogP contribution in [-0.2, 0) is 23.4 Å². The second-order valence-corrected chi connectivity index (χ2v) is 9.07. The Kier molecular flexibility index (Phi) is 7.15. The van der Waals surface area contributed by atoms with Crippen LogP contribution in [0.1, 0.15) is 40.0 Å². The number of unbranched alkanes of at least 4 members (excludes halogenated alkanes) is 1. The summed E-state index contributed by atoms with van der Waals surface area (Å²) >= 11 is 0. The molecule has 120 valence electrons. The summed E-state index contributed by atoms with van der Waals surface area (Å²) in [5, 5.41) is 0. The highest BCUT2D eigenvalue weighted by atomic mass is 32.2. The standard InChI is InChI=1S/C12H26NO5PS/c1-4-7-9-13(12-8-10-20(15,16)11-12)19(14,17-5-2)18-6-3/h12H,4-11H2,1-3H3. The lowest BCUT2D eigenvalue weighted by Crippen LogP contribution is -2.35. The molecule has 0 saturated carbocycles. The Hall–Kier alpha value is 0.0600. The lowest BCUT2D eigenvalue weighted by Gasteiger charge is -2.33. The first-order chi connectivity index (χ1) is 9.38. The van der Waals surface area contributed by atoms with Gasteiger partial charge in [0.2, 0.25) is 0 Å². The van der Waals surface area contributed by atoms with Gasteiger partial charge in [0.1, 0.15) is 0 Å². The summed E-state index contributed by atoms with van der Waals surface area (Å²) < 4.78 is 48.6. The molecule has 1 aliphatic heterocycles. The fourth-order valence-electron chi connectivity index (χ4n) is 2.35. The van der Waals surface area contributed by atoms with Gasteiger partial charge in [-0.15, -0.1) is 0 Å². The Morgan fingerprint density at radius 3 is 2.20 bits per heavy atom. The molecule has 0 bridgehead atoms. The van der Waals surface area contributed by atoms with Gasteiger partial charge in [0.05, 0.1) is 24.7 Å². The average molecular weight is 327 g/mol. The van der Waals surface area contributed by atoms with E-state index >= 15 is 0 Å². The van der Waals surface area contributed by atoms with E-state index in [1.165, 1.54) is 0 Å². The van der Waals surface area contributed by atoms with E-state index in [0.29, 0.717) is 13.0 Å². The molecule has 1 rings (SSSR count). The average Bonchev–Trinajstić information content (AvgIpc) is 2.70. The van der Waals surface area contributed by atoms with Crippen molar-refractivity contribution < 1.29 is 22.0 Å². The minimum absolute atomic E-state index is 0.0425. The molecular weight excluding hydrogens is 301 g/mol. The topological polar surface area (TPSA) is 72.9 Å². The highest BCUT2D eigenvalue weighted by Gasteiger charge is 2.42. The van der Waals surface area contributed by atoms with Crippen LogP contribution < -0.4 is 0 Å². The summed E-state index contributed by atoms with van der Waals surface area (Å²) in [6.45, 7) is 6.65. The van der Waals surface area contributed by atoms with Crippen molar-refractivity contribution in [1.29, 1.82) is 0 Å². The van der Waals surface area contributed by atoms with E-state index in [2.05, 4.69) is 0 Å². The van der Waals surface area contributed by atoms with E-state index in [0.717, 1.165) is 12.8 Å². The van der Waals surface area contributed by atoms with Crippen molar-refractivity contribution in [3.63, 3.8) is 0 Å². The molecule has 0 aromatic carbocycles. The van der Waals surface area contributed by atoms with Crippen LogP contribution in [0.2, 0.25) is 0 Å². The molecule has 0 radical (unpaired) electrons. The van der Waals surface area contributed by atoms with Crippen molar-refractivity contribution in [2.75, 3.05) is 31.3 Å². The molecular formula is C12H26NO5PS. The normalized spacial score (nSPS) is 22.5. The van der Waals surface area contributed by atoms with E-state index < -0.39 is 17.6 Å². The molecule has 6 nitrogen and oxygen atoms in total. The largest absolute Gasteiger partial charge is 0.408 e. The van der Waals surface area contributed by atoms with E-state index in [9.17, 15) is 13.0 Å². The maximum Gasteiger partial charge on any atom is 0.408 e. The Labute approximate surface area is 122 Å². The summed E-state index contributed by atoms with van der Waals surface area (Å²) in [4.78, 5) is 0. The molecule has 0 aromatic heterocycles. The highest BCUT2D eigenvalue weighted by molar-refractivity contribution is 7.91. The lowest BCUT2D eigenvalue weighted by molar-refractivity contribution is 0.151. The van der Waals surface area contributed by atoms with Gasteiger partial charge < -0.3 is 0 Å². The van der Waals surface area contributed by atoms with Gasteiger partial charge in [0, 0.05) is 12.6 Å². The van der Waals surface area contributed by atoms with Crippen LogP contribution in [0.5, 0.6) is 0 Å². The van der Waals surface area contributed by atoms with Crippen molar-refractivity contribution >= 4 is 17.6 Å². The first-order valence-corrected chi connectivity index (χ1v) is 10.6. The van der Waals surface area contributed by atoms with E-state index in [4.69, 9.17) is 9.05 Å². The molecule has 8 heteroatoms. The van der Waals surface area contributed by atoms with E-state index in [-0.39, 0.29) is 30.8 Å². The van der Waals surface area contributed by atoms with Crippen LogP contribution in [0.4, 0.5) is 0 Å². The Bertz CT molecular complexity index is 429. The predicted molar refractivity (Wildman–Crippen MR) is 79.5 cm³/mol. The van der Waals surface area contributed by atoms with Gasteiger partial charge in [-0.25, -0.2) is 17.7 Å². The quantitative estimate of drug-likeness (QED) is 0.606. The predicted octanol–water partition coefficient (Wildman–Crippen LogP) is 2.46. The van der Waals surface area contributed by atoms with Gasteiger partial charge >= 0.3 is 7.75 Å². The summed E-state index contributed by atoms with van der Waals surface area (Å²) in [5.74, 6) is 0.194. The third kappa shape index (κ3) is 4.81.